The van der Waals surface area contributed by atoms with Crippen LogP contribution in [0.5, 0.6) is 0 Å². The molecule has 7 nitrogen and oxygen atoms in total. The van der Waals surface area contributed by atoms with Crippen molar-refractivity contribution < 1.29 is 17.7 Å². The zero-order valence-corrected chi connectivity index (χ0v) is 8.05. The van der Waals surface area contributed by atoms with Crippen molar-refractivity contribution in [3.8, 4) is 0 Å². The second-order valence-electron chi connectivity index (χ2n) is 2.32. The number of rotatable bonds is 3. The standard InChI is InChI=1S/C7H5N3O4S/c8-10-9-6-3-1-5(2-4-6)7(11)14-15(12)13/h1-4H,(H,12,13). The van der Waals surface area contributed by atoms with Crippen LogP contribution >= 0.6 is 0 Å². The van der Waals surface area contributed by atoms with Crippen LogP contribution in [0.4, 0.5) is 5.69 Å². The largest absolute Gasteiger partial charge is 0.360 e. The highest BCUT2D eigenvalue weighted by atomic mass is 32.2. The average molecular weight is 227 g/mol. The van der Waals surface area contributed by atoms with E-state index < -0.39 is 17.3 Å². The first kappa shape index (κ1) is 11.2. The molecular formula is C7H5N3O4S. The summed E-state index contributed by atoms with van der Waals surface area (Å²) in [5.41, 5.74) is 8.54. The number of hydrogen-bond acceptors (Lipinski definition) is 4. The van der Waals surface area contributed by atoms with Gasteiger partial charge in [0, 0.05) is 10.6 Å². The molecule has 0 saturated heterocycles. The fourth-order valence-corrected chi connectivity index (χ4v) is 1.05. The molecule has 1 unspecified atom stereocenters. The lowest BCUT2D eigenvalue weighted by molar-refractivity contribution is 0.0743. The maximum atomic E-state index is 11.0. The summed E-state index contributed by atoms with van der Waals surface area (Å²) >= 11 is -2.64. The first-order valence-corrected chi connectivity index (χ1v) is 4.65. The highest BCUT2D eigenvalue weighted by molar-refractivity contribution is 7.74. The molecule has 1 aromatic rings. The molecule has 0 fully saturated rings. The summed E-state index contributed by atoms with van der Waals surface area (Å²) in [5.74, 6) is -0.927. The summed E-state index contributed by atoms with van der Waals surface area (Å²) in [5, 5.41) is 3.29. The Hall–Kier alpha value is -1.89. The summed E-state index contributed by atoms with van der Waals surface area (Å²) in [6, 6.07) is 5.41. The van der Waals surface area contributed by atoms with Gasteiger partial charge in [-0.3, -0.25) is 4.55 Å². The Bertz CT molecular complexity index is 438. The van der Waals surface area contributed by atoms with Crippen molar-refractivity contribution >= 4 is 23.0 Å². The summed E-state index contributed by atoms with van der Waals surface area (Å²) in [6.45, 7) is 0. The van der Waals surface area contributed by atoms with Crippen LogP contribution in [0.15, 0.2) is 29.4 Å². The molecule has 1 aromatic carbocycles. The Balaban J connectivity index is 2.84. The van der Waals surface area contributed by atoms with Crippen LogP contribution in [0.3, 0.4) is 0 Å². The van der Waals surface area contributed by atoms with Crippen LogP contribution in [0.2, 0.25) is 0 Å². The molecule has 0 aromatic heterocycles. The van der Waals surface area contributed by atoms with Crippen molar-refractivity contribution in [1.82, 2.24) is 0 Å². The number of nitrogens with zero attached hydrogens (tertiary/aromatic N) is 3. The molecule has 8 heteroatoms. The second-order valence-corrected chi connectivity index (χ2v) is 2.93. The van der Waals surface area contributed by atoms with E-state index in [1.54, 1.807) is 0 Å². The quantitative estimate of drug-likeness (QED) is 0.367. The molecule has 0 bridgehead atoms. The molecule has 1 atom stereocenters. The van der Waals surface area contributed by atoms with Crippen molar-refractivity contribution in [3.63, 3.8) is 0 Å². The molecule has 0 aliphatic rings. The van der Waals surface area contributed by atoms with Crippen molar-refractivity contribution in [1.29, 1.82) is 0 Å². The minimum absolute atomic E-state index is 0.0919. The van der Waals surface area contributed by atoms with Gasteiger partial charge in [0.1, 0.15) is 0 Å². The number of hydrogen-bond donors (Lipinski definition) is 1. The van der Waals surface area contributed by atoms with E-state index in [4.69, 9.17) is 10.1 Å². The van der Waals surface area contributed by atoms with Crippen LogP contribution in [-0.4, -0.2) is 14.7 Å². The highest BCUT2D eigenvalue weighted by Crippen LogP contribution is 2.13. The number of azide groups is 1. The van der Waals surface area contributed by atoms with E-state index in [1.165, 1.54) is 24.3 Å². The van der Waals surface area contributed by atoms with E-state index in [1.807, 2.05) is 0 Å². The molecule has 0 amide bonds. The Morgan fingerprint density at radius 3 is 2.53 bits per heavy atom. The third-order valence-electron chi connectivity index (χ3n) is 1.41. The molecule has 78 valence electrons. The van der Waals surface area contributed by atoms with Gasteiger partial charge in [-0.05, 0) is 17.7 Å². The molecular weight excluding hydrogens is 222 g/mol. The number of carbonyl (C=O) groups is 1. The first-order valence-electron chi connectivity index (χ1n) is 3.62. The van der Waals surface area contributed by atoms with Crippen LogP contribution in [-0.2, 0) is 15.5 Å². The van der Waals surface area contributed by atoms with Gasteiger partial charge in [0.2, 0.25) is 0 Å². The molecule has 1 rings (SSSR count). The van der Waals surface area contributed by atoms with Crippen LogP contribution in [0, 0.1) is 0 Å². The van der Waals surface area contributed by atoms with Crippen LogP contribution in [0.1, 0.15) is 10.4 Å². The zero-order valence-electron chi connectivity index (χ0n) is 7.23. The molecule has 0 heterocycles. The lowest BCUT2D eigenvalue weighted by Gasteiger charge is -1.98. The van der Waals surface area contributed by atoms with Gasteiger partial charge in [0.05, 0.1) is 5.56 Å². The zero-order chi connectivity index (χ0) is 11.3. The fourth-order valence-electron chi connectivity index (χ4n) is 0.829. The third kappa shape index (κ3) is 3.39. The Morgan fingerprint density at radius 1 is 1.47 bits per heavy atom. The Kier molecular flexibility index (Phi) is 3.81. The van der Waals surface area contributed by atoms with Gasteiger partial charge in [-0.1, -0.05) is 17.2 Å². The molecule has 0 aliphatic heterocycles. The van der Waals surface area contributed by atoms with Crippen LogP contribution in [0.25, 0.3) is 10.4 Å². The smallest absolute Gasteiger partial charge is 0.339 e. The topological polar surface area (TPSA) is 112 Å². The van der Waals surface area contributed by atoms with Crippen molar-refractivity contribution in [2.45, 2.75) is 0 Å². The second kappa shape index (κ2) is 5.11. The van der Waals surface area contributed by atoms with Crippen molar-refractivity contribution in [3.05, 3.63) is 40.3 Å². The van der Waals surface area contributed by atoms with E-state index in [2.05, 4.69) is 14.2 Å². The van der Waals surface area contributed by atoms with E-state index in [0.717, 1.165) is 0 Å². The first-order chi connectivity index (χ1) is 7.13. The minimum Gasteiger partial charge on any atom is -0.339 e. The Morgan fingerprint density at radius 2 is 2.07 bits per heavy atom. The molecule has 15 heavy (non-hydrogen) atoms. The molecule has 0 radical (unpaired) electrons. The van der Waals surface area contributed by atoms with E-state index in [-0.39, 0.29) is 5.56 Å². The third-order valence-corrected chi connectivity index (χ3v) is 1.70. The van der Waals surface area contributed by atoms with Gasteiger partial charge < -0.3 is 4.18 Å². The predicted octanol–water partition coefficient (Wildman–Crippen LogP) is 1.92. The normalized spacial score (nSPS) is 11.3. The highest BCUT2D eigenvalue weighted by Gasteiger charge is 2.09. The van der Waals surface area contributed by atoms with Gasteiger partial charge in [-0.2, -0.15) is 4.21 Å². The maximum absolute atomic E-state index is 11.0. The Labute approximate surface area is 86.8 Å². The number of benzene rings is 1. The lowest BCUT2D eigenvalue weighted by atomic mass is 10.2. The summed E-state index contributed by atoms with van der Waals surface area (Å²) in [6.07, 6.45) is 0. The van der Waals surface area contributed by atoms with Crippen LogP contribution < -0.4 is 0 Å². The predicted molar refractivity (Wildman–Crippen MR) is 51.4 cm³/mol. The summed E-state index contributed by atoms with van der Waals surface area (Å²) < 4.78 is 22.5. The number of carbonyl (C=O) groups excluding carboxylic acids is 1. The SMILES string of the molecule is [N-]=[N+]=Nc1ccc(C(=O)OS(=O)O)cc1. The van der Waals surface area contributed by atoms with Gasteiger partial charge in [-0.25, -0.2) is 4.79 Å². The monoisotopic (exact) mass is 227 g/mol. The van der Waals surface area contributed by atoms with Crippen molar-refractivity contribution in [2.24, 2.45) is 5.11 Å². The summed E-state index contributed by atoms with van der Waals surface area (Å²) in [4.78, 5) is 13.6. The van der Waals surface area contributed by atoms with Crippen molar-refractivity contribution in [2.75, 3.05) is 0 Å². The van der Waals surface area contributed by atoms with Gasteiger partial charge >= 0.3 is 17.3 Å². The van der Waals surface area contributed by atoms with Gasteiger partial charge in [-0.15, -0.1) is 0 Å². The summed E-state index contributed by atoms with van der Waals surface area (Å²) in [7, 11) is 0. The van der Waals surface area contributed by atoms with E-state index in [9.17, 15) is 9.00 Å². The van der Waals surface area contributed by atoms with Gasteiger partial charge in [0.25, 0.3) is 0 Å². The molecule has 0 spiro atoms. The maximum Gasteiger partial charge on any atom is 0.360 e. The van der Waals surface area contributed by atoms with E-state index in [0.29, 0.717) is 5.69 Å². The van der Waals surface area contributed by atoms with Gasteiger partial charge in [0.15, 0.2) is 0 Å². The minimum atomic E-state index is -2.64. The average Bonchev–Trinajstić information content (AvgIpc) is 2.18. The van der Waals surface area contributed by atoms with E-state index >= 15 is 0 Å². The molecule has 0 aliphatic carbocycles. The fraction of sp³-hybridized carbons (Fsp3) is 0. The molecule has 0 saturated carbocycles. The molecule has 1 N–H and O–H groups in total. The lowest BCUT2D eigenvalue weighted by Crippen LogP contribution is -2.06.